The molecular weight excluding hydrogens is 344 g/mol. The molecule has 0 aliphatic carbocycles. The maximum atomic E-state index is 13.1. The van der Waals surface area contributed by atoms with Gasteiger partial charge in [0.2, 0.25) is 5.78 Å². The minimum Gasteiger partial charge on any atom is -0.382 e. The molecule has 0 saturated carbocycles. The zero-order valence-corrected chi connectivity index (χ0v) is 15.3. The van der Waals surface area contributed by atoms with Gasteiger partial charge in [0.25, 0.3) is 0 Å². The van der Waals surface area contributed by atoms with Crippen molar-refractivity contribution >= 4 is 44.7 Å². The molecule has 0 radical (unpaired) electrons. The molecule has 2 aromatic carbocycles. The zero-order chi connectivity index (χ0) is 18.3. The Morgan fingerprint density at radius 1 is 1.15 bits per heavy atom. The summed E-state index contributed by atoms with van der Waals surface area (Å²) in [4.78, 5) is 21.2. The predicted octanol–water partition coefficient (Wildman–Crippen LogP) is 4.80. The summed E-state index contributed by atoms with van der Waals surface area (Å²) in [6.45, 7) is 3.92. The number of nitrogen functional groups attached to an aromatic ring is 1. The van der Waals surface area contributed by atoms with Crippen molar-refractivity contribution in [3.05, 3.63) is 70.2 Å². The quantitative estimate of drug-likeness (QED) is 0.455. The Balaban J connectivity index is 1.70. The summed E-state index contributed by atoms with van der Waals surface area (Å²) >= 11 is 1.27. The molecule has 4 rings (SSSR count). The Hall–Kier alpha value is -3.12. The number of carbonyl (C=O) groups excluding carboxylic acids is 1. The number of carbonyl (C=O) groups is 1. The van der Waals surface area contributed by atoms with Gasteiger partial charge in [-0.1, -0.05) is 41.7 Å². The number of nitrogens with zero attached hydrogens (tertiary/aromatic N) is 1. The van der Waals surface area contributed by atoms with Crippen molar-refractivity contribution < 1.29 is 4.79 Å². The molecule has 0 aliphatic heterocycles. The van der Waals surface area contributed by atoms with Crippen molar-refractivity contribution in [1.29, 1.82) is 0 Å². The molecule has 5 nitrogen and oxygen atoms in total. The van der Waals surface area contributed by atoms with E-state index in [9.17, 15) is 4.79 Å². The fourth-order valence-corrected chi connectivity index (χ4v) is 3.93. The number of aromatic amines is 1. The largest absolute Gasteiger partial charge is 0.382 e. The van der Waals surface area contributed by atoms with Gasteiger partial charge in [0.05, 0.1) is 5.56 Å². The molecule has 4 N–H and O–H groups in total. The summed E-state index contributed by atoms with van der Waals surface area (Å²) in [7, 11) is 0. The lowest BCUT2D eigenvalue weighted by Gasteiger charge is -2.02. The number of hydrogen-bond donors (Lipinski definition) is 3. The molecule has 0 fully saturated rings. The number of anilines is 3. The Morgan fingerprint density at radius 3 is 2.77 bits per heavy atom. The number of ketones is 1. The zero-order valence-electron chi connectivity index (χ0n) is 14.5. The molecule has 0 amide bonds. The second kappa shape index (κ2) is 6.31. The highest BCUT2D eigenvalue weighted by molar-refractivity contribution is 7.18. The van der Waals surface area contributed by atoms with E-state index in [0.717, 1.165) is 27.8 Å². The van der Waals surface area contributed by atoms with Crippen molar-refractivity contribution in [2.24, 2.45) is 0 Å². The van der Waals surface area contributed by atoms with Crippen LogP contribution in [0.4, 0.5) is 16.6 Å². The van der Waals surface area contributed by atoms with Crippen LogP contribution < -0.4 is 11.1 Å². The average Bonchev–Trinajstić information content (AvgIpc) is 3.13. The van der Waals surface area contributed by atoms with E-state index in [1.54, 1.807) is 0 Å². The molecule has 130 valence electrons. The number of aryl methyl sites for hydroxylation is 2. The smallest absolute Gasteiger partial charge is 0.209 e. The highest BCUT2D eigenvalue weighted by atomic mass is 32.1. The number of aromatic nitrogens is 2. The van der Waals surface area contributed by atoms with E-state index in [2.05, 4.69) is 15.3 Å². The molecule has 26 heavy (non-hydrogen) atoms. The lowest BCUT2D eigenvalue weighted by molar-refractivity contribution is 0.104. The van der Waals surface area contributed by atoms with Crippen LogP contribution in [0.15, 0.2) is 48.5 Å². The highest BCUT2D eigenvalue weighted by Crippen LogP contribution is 2.32. The molecule has 2 aromatic heterocycles. The standard InChI is InChI=1S/C20H18N4OS/c1-11-6-5-7-13(10-11)23-20-24-19(21)18(26-20)17(25)16-12(2)22-15-9-4-3-8-14(15)16/h3-10,22H,21H2,1-2H3,(H,23,24). The third kappa shape index (κ3) is 2.84. The highest BCUT2D eigenvalue weighted by Gasteiger charge is 2.23. The normalized spacial score (nSPS) is 11.0. The van der Waals surface area contributed by atoms with Crippen LogP contribution in [-0.2, 0) is 0 Å². The first-order chi connectivity index (χ1) is 12.5. The van der Waals surface area contributed by atoms with Crippen LogP contribution >= 0.6 is 11.3 Å². The molecular formula is C20H18N4OS. The van der Waals surface area contributed by atoms with Crippen LogP contribution in [-0.4, -0.2) is 15.8 Å². The van der Waals surface area contributed by atoms with Gasteiger partial charge in [-0.15, -0.1) is 0 Å². The van der Waals surface area contributed by atoms with Crippen molar-refractivity contribution in [2.45, 2.75) is 13.8 Å². The number of thiazole rings is 1. The summed E-state index contributed by atoms with van der Waals surface area (Å²) in [6, 6.07) is 15.7. The van der Waals surface area contributed by atoms with Crippen LogP contribution in [0.2, 0.25) is 0 Å². The minimum atomic E-state index is -0.104. The SMILES string of the molecule is Cc1cccc(Nc2nc(N)c(C(=O)c3c(C)[nH]c4ccccc34)s2)c1. The van der Waals surface area contributed by atoms with Crippen LogP contribution in [0.25, 0.3) is 10.9 Å². The third-order valence-electron chi connectivity index (χ3n) is 4.25. The number of para-hydroxylation sites is 1. The van der Waals surface area contributed by atoms with Gasteiger partial charge in [0.1, 0.15) is 10.7 Å². The van der Waals surface area contributed by atoms with Crippen molar-refractivity contribution in [3.8, 4) is 0 Å². The number of fused-ring (bicyclic) bond motifs is 1. The van der Waals surface area contributed by atoms with E-state index in [1.165, 1.54) is 11.3 Å². The van der Waals surface area contributed by atoms with Crippen molar-refractivity contribution in [1.82, 2.24) is 9.97 Å². The van der Waals surface area contributed by atoms with Crippen molar-refractivity contribution in [2.75, 3.05) is 11.1 Å². The molecule has 0 atom stereocenters. The van der Waals surface area contributed by atoms with Gasteiger partial charge in [-0.3, -0.25) is 4.79 Å². The molecule has 0 unspecified atom stereocenters. The van der Waals surface area contributed by atoms with E-state index in [1.807, 2.05) is 62.4 Å². The van der Waals surface area contributed by atoms with Crippen LogP contribution in [0.3, 0.4) is 0 Å². The van der Waals surface area contributed by atoms with E-state index in [-0.39, 0.29) is 11.6 Å². The predicted molar refractivity (Wildman–Crippen MR) is 107 cm³/mol. The molecule has 2 heterocycles. The summed E-state index contributed by atoms with van der Waals surface area (Å²) < 4.78 is 0. The van der Waals surface area contributed by atoms with Gasteiger partial charge in [-0.2, -0.15) is 0 Å². The van der Waals surface area contributed by atoms with Crippen LogP contribution in [0.5, 0.6) is 0 Å². The molecule has 0 aliphatic rings. The Bertz CT molecular complexity index is 1130. The second-order valence-electron chi connectivity index (χ2n) is 6.23. The minimum absolute atomic E-state index is 0.104. The first-order valence-electron chi connectivity index (χ1n) is 8.25. The van der Waals surface area contributed by atoms with Crippen LogP contribution in [0, 0.1) is 13.8 Å². The summed E-state index contributed by atoms with van der Waals surface area (Å²) in [5.74, 6) is 0.145. The molecule has 6 heteroatoms. The van der Waals surface area contributed by atoms with Crippen LogP contribution in [0.1, 0.15) is 26.5 Å². The number of nitrogens with two attached hydrogens (primary N) is 1. The molecule has 0 saturated heterocycles. The van der Waals surface area contributed by atoms with Gasteiger partial charge < -0.3 is 16.0 Å². The number of hydrogen-bond acceptors (Lipinski definition) is 5. The molecule has 0 bridgehead atoms. The van der Waals surface area contributed by atoms with Crippen molar-refractivity contribution in [3.63, 3.8) is 0 Å². The number of benzene rings is 2. The maximum Gasteiger partial charge on any atom is 0.209 e. The topological polar surface area (TPSA) is 83.8 Å². The fraction of sp³-hybridized carbons (Fsp3) is 0.100. The van der Waals surface area contributed by atoms with E-state index >= 15 is 0 Å². The number of H-pyrrole nitrogens is 1. The van der Waals surface area contributed by atoms with Gasteiger partial charge >= 0.3 is 0 Å². The Kier molecular flexibility index (Phi) is 3.97. The van der Waals surface area contributed by atoms with Gasteiger partial charge in [-0.25, -0.2) is 4.98 Å². The fourth-order valence-electron chi connectivity index (χ4n) is 3.08. The summed E-state index contributed by atoms with van der Waals surface area (Å²) in [5.41, 5.74) is 10.5. The number of rotatable bonds is 4. The van der Waals surface area contributed by atoms with Gasteiger partial charge in [0, 0.05) is 22.3 Å². The first kappa shape index (κ1) is 16.4. The van der Waals surface area contributed by atoms with E-state index in [4.69, 9.17) is 5.73 Å². The van der Waals surface area contributed by atoms with E-state index < -0.39 is 0 Å². The first-order valence-corrected chi connectivity index (χ1v) is 9.06. The maximum absolute atomic E-state index is 13.1. The third-order valence-corrected chi connectivity index (χ3v) is 5.23. The second-order valence-corrected chi connectivity index (χ2v) is 7.23. The Morgan fingerprint density at radius 2 is 1.96 bits per heavy atom. The summed E-state index contributed by atoms with van der Waals surface area (Å²) in [5, 5.41) is 4.73. The molecule has 4 aromatic rings. The van der Waals surface area contributed by atoms with Gasteiger partial charge in [0.15, 0.2) is 5.13 Å². The number of nitrogens with one attached hydrogen (secondary N) is 2. The molecule has 0 spiro atoms. The summed E-state index contributed by atoms with van der Waals surface area (Å²) in [6.07, 6.45) is 0. The van der Waals surface area contributed by atoms with E-state index in [0.29, 0.717) is 15.6 Å². The van der Waals surface area contributed by atoms with Gasteiger partial charge in [-0.05, 0) is 37.6 Å². The Labute approximate surface area is 154 Å². The average molecular weight is 362 g/mol. The lowest BCUT2D eigenvalue weighted by Crippen LogP contribution is -2.03. The monoisotopic (exact) mass is 362 g/mol. The lowest BCUT2D eigenvalue weighted by atomic mass is 10.1.